The Bertz CT molecular complexity index is 881. The van der Waals surface area contributed by atoms with Crippen LogP contribution in [0.5, 0.6) is 0 Å². The lowest BCUT2D eigenvalue weighted by Gasteiger charge is -2.00. The lowest BCUT2D eigenvalue weighted by Crippen LogP contribution is -2.11. The van der Waals surface area contributed by atoms with Crippen LogP contribution in [0.15, 0.2) is 35.5 Å². The van der Waals surface area contributed by atoms with E-state index in [1.807, 2.05) is 0 Å². The van der Waals surface area contributed by atoms with Gasteiger partial charge >= 0.3 is 0 Å². The second kappa shape index (κ2) is 4.46. The van der Waals surface area contributed by atoms with Crippen molar-refractivity contribution in [3.8, 4) is 0 Å². The molecule has 7 nitrogen and oxygen atoms in total. The smallest absolute Gasteiger partial charge is 0.266 e. The highest BCUT2D eigenvalue weighted by molar-refractivity contribution is 7.93. The third kappa shape index (κ3) is 2.32. The normalized spacial score (nSPS) is 11.8. The fourth-order valence-electron chi connectivity index (χ4n) is 1.70. The Hall–Kier alpha value is -2.13. The number of nitrogens with one attached hydrogen (secondary N) is 1. The number of hydrogen-bond acceptors (Lipinski definition) is 6. The van der Waals surface area contributed by atoms with Crippen LogP contribution in [0.25, 0.3) is 10.2 Å². The Morgan fingerprint density at radius 1 is 1.40 bits per heavy atom. The van der Waals surface area contributed by atoms with Crippen LogP contribution < -0.4 is 10.5 Å². The van der Waals surface area contributed by atoms with E-state index in [9.17, 15) is 8.42 Å². The van der Waals surface area contributed by atoms with Crippen LogP contribution in [0.2, 0.25) is 0 Å². The molecule has 20 heavy (non-hydrogen) atoms. The summed E-state index contributed by atoms with van der Waals surface area (Å²) in [6, 6.07) is 5.24. The summed E-state index contributed by atoms with van der Waals surface area (Å²) in [5, 5.41) is 4.14. The van der Waals surface area contributed by atoms with Crippen LogP contribution >= 0.6 is 11.3 Å². The first-order valence-corrected chi connectivity index (χ1v) is 7.91. The summed E-state index contributed by atoms with van der Waals surface area (Å²) in [6.45, 7) is 0. The number of nitrogen functional groups attached to an aromatic ring is 1. The SMILES string of the molecule is Cn1cc(S(=O)(=O)Nc2nc3ccc(N)cc3s2)cn1. The molecule has 0 spiro atoms. The van der Waals surface area contributed by atoms with E-state index in [-0.39, 0.29) is 4.90 Å². The molecule has 0 aliphatic heterocycles. The Morgan fingerprint density at radius 3 is 2.90 bits per heavy atom. The fourth-order valence-corrected chi connectivity index (χ4v) is 3.83. The van der Waals surface area contributed by atoms with Crippen LogP contribution in [0, 0.1) is 0 Å². The predicted octanol–water partition coefficient (Wildman–Crippen LogP) is 1.41. The van der Waals surface area contributed by atoms with Crippen molar-refractivity contribution < 1.29 is 8.42 Å². The topological polar surface area (TPSA) is 103 Å². The molecule has 104 valence electrons. The molecule has 0 radical (unpaired) electrons. The van der Waals surface area contributed by atoms with E-state index in [1.165, 1.54) is 28.4 Å². The van der Waals surface area contributed by atoms with Gasteiger partial charge < -0.3 is 5.73 Å². The van der Waals surface area contributed by atoms with Crippen LogP contribution in [0.1, 0.15) is 0 Å². The number of fused-ring (bicyclic) bond motifs is 1. The summed E-state index contributed by atoms with van der Waals surface area (Å²) < 4.78 is 29.0. The van der Waals surface area contributed by atoms with Crippen molar-refractivity contribution in [3.05, 3.63) is 30.6 Å². The van der Waals surface area contributed by atoms with E-state index in [0.29, 0.717) is 16.3 Å². The zero-order valence-electron chi connectivity index (χ0n) is 10.4. The van der Waals surface area contributed by atoms with Crippen molar-refractivity contribution in [2.45, 2.75) is 4.90 Å². The van der Waals surface area contributed by atoms with E-state index in [4.69, 9.17) is 5.73 Å². The number of benzene rings is 1. The first-order valence-electron chi connectivity index (χ1n) is 5.61. The Labute approximate surface area is 119 Å². The molecule has 3 aromatic rings. The van der Waals surface area contributed by atoms with E-state index in [2.05, 4.69) is 14.8 Å². The second-order valence-corrected chi connectivity index (χ2v) is 6.91. The molecule has 0 saturated carbocycles. The van der Waals surface area contributed by atoms with Crippen LogP contribution in [-0.4, -0.2) is 23.2 Å². The number of anilines is 2. The number of aromatic nitrogens is 3. The standard InChI is InChI=1S/C11H11N5O2S2/c1-16-6-8(5-13-16)20(17,18)15-11-14-9-3-2-7(12)4-10(9)19-11/h2-6H,12H2,1H3,(H,14,15). The van der Waals surface area contributed by atoms with Gasteiger partial charge in [0.15, 0.2) is 5.13 Å². The number of sulfonamides is 1. The van der Waals surface area contributed by atoms with Gasteiger partial charge in [-0.2, -0.15) is 5.10 Å². The third-order valence-corrected chi connectivity index (χ3v) is 4.98. The lowest BCUT2D eigenvalue weighted by atomic mass is 10.3. The number of nitrogens with two attached hydrogens (primary N) is 1. The second-order valence-electron chi connectivity index (χ2n) is 4.20. The predicted molar refractivity (Wildman–Crippen MR) is 78.0 cm³/mol. The molecular weight excluding hydrogens is 298 g/mol. The molecule has 2 aromatic heterocycles. The first-order chi connectivity index (χ1) is 9.44. The van der Waals surface area contributed by atoms with E-state index < -0.39 is 10.0 Å². The van der Waals surface area contributed by atoms with Gasteiger partial charge in [-0.25, -0.2) is 13.4 Å². The van der Waals surface area contributed by atoms with Gasteiger partial charge in [0.05, 0.1) is 16.4 Å². The maximum atomic E-state index is 12.1. The van der Waals surface area contributed by atoms with Crippen LogP contribution in [-0.2, 0) is 17.1 Å². The van der Waals surface area contributed by atoms with Gasteiger partial charge in [-0.3, -0.25) is 9.40 Å². The Kier molecular flexibility index (Phi) is 2.87. The molecule has 0 saturated heterocycles. The fraction of sp³-hybridized carbons (Fsp3) is 0.0909. The number of aryl methyl sites for hydroxylation is 1. The lowest BCUT2D eigenvalue weighted by molar-refractivity contribution is 0.601. The van der Waals surface area contributed by atoms with Crippen molar-refractivity contribution >= 4 is 42.4 Å². The molecule has 0 fully saturated rings. The molecule has 0 amide bonds. The van der Waals surface area contributed by atoms with Gasteiger partial charge in [-0.1, -0.05) is 11.3 Å². The minimum Gasteiger partial charge on any atom is -0.399 e. The molecule has 0 unspecified atom stereocenters. The van der Waals surface area contributed by atoms with E-state index in [0.717, 1.165) is 4.70 Å². The average Bonchev–Trinajstić information content (AvgIpc) is 2.94. The van der Waals surface area contributed by atoms with Crippen molar-refractivity contribution in [3.63, 3.8) is 0 Å². The quantitative estimate of drug-likeness (QED) is 0.712. The molecule has 0 aliphatic carbocycles. The first kappa shape index (κ1) is 12.9. The van der Waals surface area contributed by atoms with Crippen molar-refractivity contribution in [1.82, 2.24) is 14.8 Å². The summed E-state index contributed by atoms with van der Waals surface area (Å²) in [5.41, 5.74) is 7.00. The Morgan fingerprint density at radius 2 is 2.20 bits per heavy atom. The van der Waals surface area contributed by atoms with Crippen LogP contribution in [0.4, 0.5) is 10.8 Å². The maximum absolute atomic E-state index is 12.1. The maximum Gasteiger partial charge on any atom is 0.266 e. The zero-order chi connectivity index (χ0) is 14.3. The highest BCUT2D eigenvalue weighted by Crippen LogP contribution is 2.28. The van der Waals surface area contributed by atoms with Crippen LogP contribution in [0.3, 0.4) is 0 Å². The monoisotopic (exact) mass is 309 g/mol. The van der Waals surface area contributed by atoms with E-state index in [1.54, 1.807) is 25.2 Å². The highest BCUT2D eigenvalue weighted by Gasteiger charge is 2.18. The molecule has 3 rings (SSSR count). The van der Waals surface area contributed by atoms with Crippen molar-refractivity contribution in [1.29, 1.82) is 0 Å². The molecule has 9 heteroatoms. The summed E-state index contributed by atoms with van der Waals surface area (Å²) in [7, 11) is -2.01. The summed E-state index contributed by atoms with van der Waals surface area (Å²) in [4.78, 5) is 4.31. The zero-order valence-corrected chi connectivity index (χ0v) is 12.1. The number of hydrogen-bond donors (Lipinski definition) is 2. The minimum absolute atomic E-state index is 0.0961. The molecule has 0 bridgehead atoms. The van der Waals surface area contributed by atoms with Gasteiger partial charge in [-0.15, -0.1) is 0 Å². The van der Waals surface area contributed by atoms with Gasteiger partial charge in [0.25, 0.3) is 10.0 Å². The van der Waals surface area contributed by atoms with Crippen molar-refractivity contribution in [2.24, 2.45) is 7.05 Å². The van der Waals surface area contributed by atoms with Gasteiger partial charge in [0.2, 0.25) is 0 Å². The summed E-state index contributed by atoms with van der Waals surface area (Å²) >= 11 is 1.23. The van der Waals surface area contributed by atoms with Gasteiger partial charge in [0.1, 0.15) is 4.90 Å². The highest BCUT2D eigenvalue weighted by atomic mass is 32.2. The molecule has 0 atom stereocenters. The number of nitrogens with zero attached hydrogens (tertiary/aromatic N) is 3. The summed E-state index contributed by atoms with van der Waals surface area (Å²) in [5.74, 6) is 0. The number of thiazole rings is 1. The third-order valence-electron chi connectivity index (χ3n) is 2.63. The average molecular weight is 309 g/mol. The molecule has 0 aliphatic rings. The Balaban J connectivity index is 1.96. The molecule has 3 N–H and O–H groups in total. The summed E-state index contributed by atoms with van der Waals surface area (Å²) in [6.07, 6.45) is 2.71. The van der Waals surface area contributed by atoms with Crippen molar-refractivity contribution in [2.75, 3.05) is 10.5 Å². The molecule has 1 aromatic carbocycles. The molecular formula is C11H11N5O2S2. The minimum atomic E-state index is -3.67. The van der Waals surface area contributed by atoms with Gasteiger partial charge in [0, 0.05) is 18.9 Å². The van der Waals surface area contributed by atoms with E-state index >= 15 is 0 Å². The molecule has 2 heterocycles. The van der Waals surface area contributed by atoms with Gasteiger partial charge in [-0.05, 0) is 18.2 Å². The number of rotatable bonds is 3. The largest absolute Gasteiger partial charge is 0.399 e.